The van der Waals surface area contributed by atoms with E-state index in [0.29, 0.717) is 23.0 Å². The molecule has 0 amide bonds. The maximum atomic E-state index is 13.1. The second-order valence-electron chi connectivity index (χ2n) is 6.20. The quantitative estimate of drug-likeness (QED) is 0.529. The van der Waals surface area contributed by atoms with Crippen LogP contribution in [0.25, 0.3) is 11.4 Å². The van der Waals surface area contributed by atoms with Crippen molar-refractivity contribution in [1.82, 2.24) is 19.7 Å². The second kappa shape index (κ2) is 8.20. The maximum Gasteiger partial charge on any atom is 0.281 e. The van der Waals surface area contributed by atoms with Crippen molar-refractivity contribution in [3.63, 3.8) is 0 Å². The standard InChI is InChI=1S/C21H15ClFN5O/c22-17-5-3-16(4-6-17)20(29)28-21(25-13-14-1-7-18(23)8-2-14)26-19(27-28)15-9-11-24-12-10-15/h1-12H,13H2,(H,25,26,27). The smallest absolute Gasteiger partial charge is 0.281 e. The summed E-state index contributed by atoms with van der Waals surface area (Å²) in [7, 11) is 0. The van der Waals surface area contributed by atoms with Crippen LogP contribution in [-0.4, -0.2) is 25.7 Å². The first-order valence-corrected chi connectivity index (χ1v) is 9.14. The third-order valence-electron chi connectivity index (χ3n) is 4.19. The number of hydrogen-bond donors (Lipinski definition) is 1. The van der Waals surface area contributed by atoms with Crippen molar-refractivity contribution >= 4 is 23.5 Å². The number of rotatable bonds is 5. The van der Waals surface area contributed by atoms with E-state index in [9.17, 15) is 9.18 Å². The lowest BCUT2D eigenvalue weighted by atomic mass is 10.2. The molecule has 8 heteroatoms. The summed E-state index contributed by atoms with van der Waals surface area (Å²) in [5.74, 6) is 0.00305. The van der Waals surface area contributed by atoms with Crippen molar-refractivity contribution in [2.75, 3.05) is 5.32 Å². The zero-order valence-corrected chi connectivity index (χ0v) is 15.8. The van der Waals surface area contributed by atoms with Crippen LogP contribution in [0.2, 0.25) is 5.02 Å². The molecule has 0 bridgehead atoms. The van der Waals surface area contributed by atoms with Crippen molar-refractivity contribution in [1.29, 1.82) is 0 Å². The Kier molecular flexibility index (Phi) is 5.31. The van der Waals surface area contributed by atoms with E-state index in [1.165, 1.54) is 16.8 Å². The van der Waals surface area contributed by atoms with Gasteiger partial charge in [0.05, 0.1) is 0 Å². The van der Waals surface area contributed by atoms with E-state index < -0.39 is 0 Å². The molecule has 0 spiro atoms. The number of aromatic nitrogens is 4. The lowest BCUT2D eigenvalue weighted by molar-refractivity contribution is 0.0947. The van der Waals surface area contributed by atoms with Gasteiger partial charge in [-0.2, -0.15) is 9.67 Å². The molecule has 0 unspecified atom stereocenters. The molecule has 2 heterocycles. The second-order valence-corrected chi connectivity index (χ2v) is 6.64. The predicted octanol–water partition coefficient (Wildman–Crippen LogP) is 4.43. The van der Waals surface area contributed by atoms with Crippen molar-refractivity contribution < 1.29 is 9.18 Å². The molecule has 0 saturated carbocycles. The number of pyridine rings is 1. The van der Waals surface area contributed by atoms with Gasteiger partial charge >= 0.3 is 0 Å². The molecule has 0 atom stereocenters. The summed E-state index contributed by atoms with van der Waals surface area (Å²) in [6, 6.07) is 16.1. The number of halogens is 2. The van der Waals surface area contributed by atoms with Gasteiger partial charge in [0.1, 0.15) is 5.82 Å². The van der Waals surface area contributed by atoms with Crippen molar-refractivity contribution in [2.45, 2.75) is 6.54 Å². The Morgan fingerprint density at radius 3 is 2.38 bits per heavy atom. The molecule has 144 valence electrons. The van der Waals surface area contributed by atoms with Crippen molar-refractivity contribution in [2.24, 2.45) is 0 Å². The van der Waals surface area contributed by atoms with Crippen LogP contribution >= 0.6 is 11.6 Å². The summed E-state index contributed by atoms with van der Waals surface area (Å²) < 4.78 is 14.3. The van der Waals surface area contributed by atoms with Crippen LogP contribution < -0.4 is 5.32 Å². The van der Waals surface area contributed by atoms with E-state index in [-0.39, 0.29) is 17.7 Å². The molecular formula is C21H15ClFN5O. The largest absolute Gasteiger partial charge is 0.350 e. The molecule has 0 fully saturated rings. The molecular weight excluding hydrogens is 393 g/mol. The molecule has 29 heavy (non-hydrogen) atoms. The Morgan fingerprint density at radius 1 is 1.00 bits per heavy atom. The molecule has 6 nitrogen and oxygen atoms in total. The minimum atomic E-state index is -0.351. The SMILES string of the molecule is O=C(c1ccc(Cl)cc1)n1nc(-c2ccncc2)nc1NCc1ccc(F)cc1. The highest BCUT2D eigenvalue weighted by molar-refractivity contribution is 6.30. The summed E-state index contributed by atoms with van der Waals surface area (Å²) in [6.45, 7) is 0.350. The molecule has 1 N–H and O–H groups in total. The summed E-state index contributed by atoms with van der Waals surface area (Å²) in [4.78, 5) is 21.4. The number of nitrogens with zero attached hydrogens (tertiary/aromatic N) is 4. The van der Waals surface area contributed by atoms with Gasteiger partial charge in [0.25, 0.3) is 5.91 Å². The van der Waals surface area contributed by atoms with Gasteiger partial charge in [0.15, 0.2) is 5.82 Å². The van der Waals surface area contributed by atoms with Crippen LogP contribution in [0.3, 0.4) is 0 Å². The van der Waals surface area contributed by atoms with Crippen molar-refractivity contribution in [3.8, 4) is 11.4 Å². The summed E-state index contributed by atoms with van der Waals surface area (Å²) >= 11 is 5.92. The minimum absolute atomic E-state index is 0.279. The van der Waals surface area contributed by atoms with Crippen molar-refractivity contribution in [3.05, 3.63) is 95.0 Å². The topological polar surface area (TPSA) is 72.7 Å². The third kappa shape index (κ3) is 4.30. The summed E-state index contributed by atoms with van der Waals surface area (Å²) in [5.41, 5.74) is 1.99. The van der Waals surface area contributed by atoms with Gasteiger partial charge in [-0.05, 0) is 54.1 Å². The first kappa shape index (κ1) is 18.8. The number of benzene rings is 2. The van der Waals surface area contributed by atoms with Gasteiger partial charge in [0.2, 0.25) is 5.95 Å². The van der Waals surface area contributed by atoms with Crippen LogP contribution in [0.4, 0.5) is 10.3 Å². The van der Waals surface area contributed by atoms with Crippen LogP contribution in [0.5, 0.6) is 0 Å². The first-order chi connectivity index (χ1) is 14.1. The normalized spacial score (nSPS) is 10.7. The zero-order chi connectivity index (χ0) is 20.2. The monoisotopic (exact) mass is 407 g/mol. The van der Waals surface area contributed by atoms with Crippen LogP contribution in [0.1, 0.15) is 15.9 Å². The fourth-order valence-corrected chi connectivity index (χ4v) is 2.82. The number of anilines is 1. The average molecular weight is 408 g/mol. The predicted molar refractivity (Wildman–Crippen MR) is 108 cm³/mol. The van der Waals surface area contributed by atoms with Crippen LogP contribution in [0.15, 0.2) is 73.1 Å². The van der Waals surface area contributed by atoms with E-state index >= 15 is 0 Å². The Bertz CT molecular complexity index is 1130. The minimum Gasteiger partial charge on any atom is -0.350 e. The zero-order valence-electron chi connectivity index (χ0n) is 15.1. The lowest BCUT2D eigenvalue weighted by Gasteiger charge is -2.07. The molecule has 2 aromatic heterocycles. The highest BCUT2D eigenvalue weighted by atomic mass is 35.5. The molecule has 4 rings (SSSR count). The number of hydrogen-bond acceptors (Lipinski definition) is 5. The molecule has 0 saturated heterocycles. The fraction of sp³-hybridized carbons (Fsp3) is 0.0476. The van der Waals surface area contributed by atoms with Gasteiger partial charge in [-0.25, -0.2) is 4.39 Å². The maximum absolute atomic E-state index is 13.1. The van der Waals surface area contributed by atoms with E-state index in [0.717, 1.165) is 11.1 Å². The fourth-order valence-electron chi connectivity index (χ4n) is 2.69. The van der Waals surface area contributed by atoms with Crippen LogP contribution in [0, 0.1) is 5.82 Å². The number of carbonyl (C=O) groups is 1. The molecule has 0 radical (unpaired) electrons. The first-order valence-electron chi connectivity index (χ1n) is 8.76. The lowest BCUT2D eigenvalue weighted by Crippen LogP contribution is -2.17. The van der Waals surface area contributed by atoms with E-state index in [1.54, 1.807) is 60.9 Å². The number of carbonyl (C=O) groups excluding carboxylic acids is 1. The van der Waals surface area contributed by atoms with Gasteiger partial charge in [-0.15, -0.1) is 5.10 Å². The van der Waals surface area contributed by atoms with E-state index in [4.69, 9.17) is 11.6 Å². The highest BCUT2D eigenvalue weighted by Gasteiger charge is 2.18. The Morgan fingerprint density at radius 2 is 1.69 bits per heavy atom. The van der Waals surface area contributed by atoms with E-state index in [2.05, 4.69) is 20.4 Å². The summed E-state index contributed by atoms with van der Waals surface area (Å²) in [5, 5.41) is 8.02. The summed E-state index contributed by atoms with van der Waals surface area (Å²) in [6.07, 6.45) is 3.26. The third-order valence-corrected chi connectivity index (χ3v) is 4.45. The average Bonchev–Trinajstić information content (AvgIpc) is 3.18. The molecule has 2 aromatic carbocycles. The molecule has 0 aliphatic rings. The van der Waals surface area contributed by atoms with E-state index in [1.807, 2.05) is 0 Å². The Labute approximate surface area is 171 Å². The Balaban J connectivity index is 1.67. The molecule has 0 aliphatic heterocycles. The molecule has 0 aliphatic carbocycles. The number of nitrogens with one attached hydrogen (secondary N) is 1. The van der Waals surface area contributed by atoms with Gasteiger partial charge in [-0.1, -0.05) is 23.7 Å². The van der Waals surface area contributed by atoms with Gasteiger partial charge < -0.3 is 5.32 Å². The highest BCUT2D eigenvalue weighted by Crippen LogP contribution is 2.19. The molecule has 4 aromatic rings. The Hall–Kier alpha value is -3.58. The van der Waals surface area contributed by atoms with Gasteiger partial charge in [0, 0.05) is 35.1 Å². The van der Waals surface area contributed by atoms with Crippen LogP contribution in [-0.2, 0) is 6.54 Å². The van der Waals surface area contributed by atoms with Gasteiger partial charge in [-0.3, -0.25) is 9.78 Å².